The van der Waals surface area contributed by atoms with Gasteiger partial charge in [-0.25, -0.2) is 4.98 Å². The van der Waals surface area contributed by atoms with E-state index in [0.717, 1.165) is 31.6 Å². The summed E-state index contributed by atoms with van der Waals surface area (Å²) >= 11 is 0. The van der Waals surface area contributed by atoms with Crippen molar-refractivity contribution >= 4 is 23.1 Å². The van der Waals surface area contributed by atoms with Crippen LogP contribution >= 0.6 is 0 Å². The van der Waals surface area contributed by atoms with Crippen molar-refractivity contribution in [2.75, 3.05) is 33.3 Å². The number of hydrogen-bond acceptors (Lipinski definition) is 6. The molecule has 0 spiro atoms. The first-order valence-electron chi connectivity index (χ1n) is 12.0. The molecule has 1 N–H and O–H groups in total. The molecular formula is C27H32N4O4. The Balaban J connectivity index is 1.81. The van der Waals surface area contributed by atoms with Gasteiger partial charge in [0, 0.05) is 12.7 Å². The van der Waals surface area contributed by atoms with E-state index < -0.39 is 17.7 Å². The number of aryl methyl sites for hydroxylation is 1. The molecule has 8 heteroatoms. The molecule has 0 saturated carbocycles. The molecule has 1 saturated heterocycles. The first-order valence-corrected chi connectivity index (χ1v) is 12.0. The minimum atomic E-state index is -0.703. The van der Waals surface area contributed by atoms with Crippen LogP contribution < -0.4 is 4.74 Å². The van der Waals surface area contributed by atoms with Crippen molar-refractivity contribution in [3.8, 4) is 5.75 Å². The normalized spacial score (nSPS) is 17.6. The van der Waals surface area contributed by atoms with Gasteiger partial charge in [-0.05, 0) is 62.8 Å². The molecule has 3 aromatic rings. The third kappa shape index (κ3) is 4.53. The quantitative estimate of drug-likeness (QED) is 0.287. The molecule has 0 bridgehead atoms. The SMILES string of the molecule is CCN(CC)CCCN1C(=O)C(=O)/C(=C(\O)c2c(C)nc3ccccn23)C1c1ccc(OC)cc1. The second-order valence-electron chi connectivity index (χ2n) is 8.62. The maximum absolute atomic E-state index is 13.3. The number of aliphatic hydroxyl groups excluding tert-OH is 1. The largest absolute Gasteiger partial charge is 0.505 e. The zero-order valence-corrected chi connectivity index (χ0v) is 20.7. The number of benzene rings is 1. The molecule has 3 heterocycles. The number of methoxy groups -OCH3 is 1. The Hall–Kier alpha value is -3.65. The maximum Gasteiger partial charge on any atom is 0.295 e. The minimum absolute atomic E-state index is 0.0803. The van der Waals surface area contributed by atoms with E-state index in [1.165, 1.54) is 0 Å². The summed E-state index contributed by atoms with van der Waals surface area (Å²) in [4.78, 5) is 34.9. The Morgan fingerprint density at radius 2 is 1.83 bits per heavy atom. The number of carbonyl (C=O) groups is 2. The number of amides is 1. The van der Waals surface area contributed by atoms with Gasteiger partial charge in [-0.3, -0.25) is 14.0 Å². The predicted molar refractivity (Wildman–Crippen MR) is 134 cm³/mol. The van der Waals surface area contributed by atoms with Crippen molar-refractivity contribution in [3.63, 3.8) is 0 Å². The molecule has 1 fully saturated rings. The number of aliphatic hydroxyl groups is 1. The van der Waals surface area contributed by atoms with Crippen LogP contribution in [0.4, 0.5) is 0 Å². The van der Waals surface area contributed by atoms with Gasteiger partial charge in [-0.2, -0.15) is 0 Å². The monoisotopic (exact) mass is 476 g/mol. The number of ether oxygens (including phenoxy) is 1. The lowest BCUT2D eigenvalue weighted by Crippen LogP contribution is -2.33. The number of aromatic nitrogens is 2. The van der Waals surface area contributed by atoms with Gasteiger partial charge in [-0.15, -0.1) is 0 Å². The van der Waals surface area contributed by atoms with Crippen molar-refractivity contribution in [1.82, 2.24) is 19.2 Å². The van der Waals surface area contributed by atoms with Crippen molar-refractivity contribution in [2.45, 2.75) is 33.2 Å². The van der Waals surface area contributed by atoms with E-state index in [2.05, 4.69) is 23.7 Å². The Morgan fingerprint density at radius 3 is 2.49 bits per heavy atom. The third-order valence-electron chi connectivity index (χ3n) is 6.67. The van der Waals surface area contributed by atoms with Gasteiger partial charge < -0.3 is 19.6 Å². The zero-order chi connectivity index (χ0) is 25.1. The molecule has 35 heavy (non-hydrogen) atoms. The molecule has 4 rings (SSSR count). The summed E-state index contributed by atoms with van der Waals surface area (Å²) in [6.07, 6.45) is 2.50. The second kappa shape index (κ2) is 10.3. The van der Waals surface area contributed by atoms with E-state index in [4.69, 9.17) is 4.74 Å². The number of likely N-dealkylation sites (tertiary alicyclic amines) is 1. The van der Waals surface area contributed by atoms with Crippen molar-refractivity contribution in [2.24, 2.45) is 0 Å². The molecule has 1 aromatic carbocycles. The van der Waals surface area contributed by atoms with E-state index in [-0.39, 0.29) is 11.3 Å². The molecule has 1 amide bonds. The first kappa shape index (κ1) is 24.5. The number of ketones is 1. The number of pyridine rings is 1. The zero-order valence-electron chi connectivity index (χ0n) is 20.7. The summed E-state index contributed by atoms with van der Waals surface area (Å²) in [5, 5.41) is 11.5. The van der Waals surface area contributed by atoms with Crippen LogP contribution in [-0.2, 0) is 9.59 Å². The summed E-state index contributed by atoms with van der Waals surface area (Å²) in [6.45, 7) is 9.05. The second-order valence-corrected chi connectivity index (χ2v) is 8.62. The lowest BCUT2D eigenvalue weighted by molar-refractivity contribution is -0.140. The number of nitrogens with zero attached hydrogens (tertiary/aromatic N) is 4. The van der Waals surface area contributed by atoms with Gasteiger partial charge >= 0.3 is 0 Å². The van der Waals surface area contributed by atoms with Gasteiger partial charge in [0.25, 0.3) is 11.7 Å². The predicted octanol–water partition coefficient (Wildman–Crippen LogP) is 3.80. The van der Waals surface area contributed by atoms with Gasteiger partial charge in [0.15, 0.2) is 5.76 Å². The van der Waals surface area contributed by atoms with E-state index in [9.17, 15) is 14.7 Å². The molecular weight excluding hydrogens is 444 g/mol. The van der Waals surface area contributed by atoms with Crippen LogP contribution in [0, 0.1) is 6.92 Å². The highest BCUT2D eigenvalue weighted by atomic mass is 16.5. The van der Waals surface area contributed by atoms with Crippen molar-refractivity contribution in [3.05, 3.63) is 71.2 Å². The summed E-state index contributed by atoms with van der Waals surface area (Å²) < 4.78 is 7.03. The van der Waals surface area contributed by atoms with Crippen LogP contribution in [0.25, 0.3) is 11.4 Å². The Bertz CT molecular complexity index is 1260. The van der Waals surface area contributed by atoms with E-state index in [1.54, 1.807) is 41.7 Å². The van der Waals surface area contributed by atoms with Crippen molar-refractivity contribution in [1.29, 1.82) is 0 Å². The number of imidazole rings is 1. The maximum atomic E-state index is 13.3. The Morgan fingerprint density at radius 1 is 1.11 bits per heavy atom. The Labute approximate surface area is 205 Å². The fourth-order valence-electron chi connectivity index (χ4n) is 4.77. The summed E-state index contributed by atoms with van der Waals surface area (Å²) in [7, 11) is 1.59. The molecule has 0 aliphatic carbocycles. The molecule has 1 aliphatic rings. The molecule has 184 valence electrons. The van der Waals surface area contributed by atoms with Crippen molar-refractivity contribution < 1.29 is 19.4 Å². The molecule has 1 aliphatic heterocycles. The van der Waals surface area contributed by atoms with E-state index in [1.807, 2.05) is 30.3 Å². The Kier molecular flexibility index (Phi) is 7.21. The summed E-state index contributed by atoms with van der Waals surface area (Å²) in [6, 6.07) is 12.1. The lowest BCUT2D eigenvalue weighted by Gasteiger charge is -2.27. The topological polar surface area (TPSA) is 87.4 Å². The highest BCUT2D eigenvalue weighted by Crippen LogP contribution is 2.40. The number of Topliss-reactive ketones (excluding diaryl/α,β-unsaturated/α-hetero) is 1. The number of carbonyl (C=O) groups excluding carboxylic acids is 2. The van der Waals surface area contributed by atoms with Crippen LogP contribution in [0.3, 0.4) is 0 Å². The van der Waals surface area contributed by atoms with Gasteiger partial charge in [0.05, 0.1) is 24.4 Å². The first-order chi connectivity index (χ1) is 16.9. The van der Waals surface area contributed by atoms with Crippen LogP contribution in [0.15, 0.2) is 54.2 Å². The van der Waals surface area contributed by atoms with E-state index in [0.29, 0.717) is 29.3 Å². The summed E-state index contributed by atoms with van der Waals surface area (Å²) in [5.41, 5.74) is 2.47. The summed E-state index contributed by atoms with van der Waals surface area (Å²) in [5.74, 6) is -0.827. The van der Waals surface area contributed by atoms with Crippen LogP contribution in [-0.4, -0.2) is 69.3 Å². The molecule has 2 aromatic heterocycles. The molecule has 1 atom stereocenters. The third-order valence-corrected chi connectivity index (χ3v) is 6.67. The molecule has 0 radical (unpaired) electrons. The van der Waals surface area contributed by atoms with Crippen LogP contribution in [0.1, 0.15) is 43.3 Å². The molecule has 8 nitrogen and oxygen atoms in total. The van der Waals surface area contributed by atoms with E-state index >= 15 is 0 Å². The lowest BCUT2D eigenvalue weighted by atomic mass is 9.96. The van der Waals surface area contributed by atoms with Gasteiger partial charge in [-0.1, -0.05) is 32.0 Å². The minimum Gasteiger partial charge on any atom is -0.505 e. The van der Waals surface area contributed by atoms with Gasteiger partial charge in [0.2, 0.25) is 0 Å². The number of rotatable bonds is 9. The fraction of sp³-hybridized carbons (Fsp3) is 0.370. The highest BCUT2D eigenvalue weighted by Gasteiger charge is 2.46. The van der Waals surface area contributed by atoms with Crippen LogP contribution in [0.5, 0.6) is 5.75 Å². The van der Waals surface area contributed by atoms with Crippen LogP contribution in [0.2, 0.25) is 0 Å². The standard InChI is InChI=1S/C27H32N4O4/c1-5-29(6-2)15-9-17-31-24(19-11-13-20(35-4)14-12-19)22(26(33)27(31)34)25(32)23-18(3)28-21-10-7-8-16-30(21)23/h7-8,10-14,16,24,32H,5-6,9,15,17H2,1-4H3/b25-22-. The average Bonchev–Trinajstić information content (AvgIpc) is 3.34. The smallest absolute Gasteiger partial charge is 0.295 e. The molecule has 1 unspecified atom stereocenters. The number of fused-ring (bicyclic) bond motifs is 1. The number of hydrogen-bond donors (Lipinski definition) is 1. The fourth-order valence-corrected chi connectivity index (χ4v) is 4.77. The van der Waals surface area contributed by atoms with Gasteiger partial charge in [0.1, 0.15) is 17.1 Å². The highest BCUT2D eigenvalue weighted by molar-refractivity contribution is 6.46. The average molecular weight is 477 g/mol.